The number of methoxy groups -OCH3 is 3. The van der Waals surface area contributed by atoms with Crippen LogP contribution in [0.15, 0.2) is 73.1 Å². The number of aromatic nitrogens is 5. The fourth-order valence-corrected chi connectivity index (χ4v) is 7.88. The number of rotatable bonds is 7. The normalized spacial score (nSPS) is 18.4. The number of benzene rings is 2. The van der Waals surface area contributed by atoms with Crippen molar-refractivity contribution >= 4 is 45.2 Å². The second kappa shape index (κ2) is 12.3. The minimum atomic E-state index is -0.760. The predicted molar refractivity (Wildman–Crippen MR) is 189 cm³/mol. The van der Waals surface area contributed by atoms with Crippen molar-refractivity contribution in [3.8, 4) is 23.0 Å². The number of aryl methyl sites for hydroxylation is 2. The summed E-state index contributed by atoms with van der Waals surface area (Å²) in [4.78, 5) is 72.9. The Hall–Kier alpha value is -5.19. The van der Waals surface area contributed by atoms with E-state index in [1.54, 1.807) is 38.2 Å². The highest BCUT2D eigenvalue weighted by Crippen LogP contribution is 2.51. The Morgan fingerprint density at radius 2 is 1.66 bits per heavy atom. The minimum Gasteiger partial charge on any atom is -0.504 e. The average Bonchev–Trinajstić information content (AvgIpc) is 3.36. The number of aromatic hydroxyl groups is 1. The van der Waals surface area contributed by atoms with Gasteiger partial charge in [0.2, 0.25) is 0 Å². The van der Waals surface area contributed by atoms with Crippen LogP contribution < -0.4 is 31.1 Å². The van der Waals surface area contributed by atoms with E-state index in [0.717, 1.165) is 4.57 Å². The quantitative estimate of drug-likeness (QED) is 0.167. The Labute approximate surface area is 297 Å². The van der Waals surface area contributed by atoms with Crippen LogP contribution in [0.4, 0.5) is 0 Å². The third kappa shape index (κ3) is 4.96. The number of ketones is 2. The Morgan fingerprint density at radius 3 is 2.36 bits per heavy atom. The number of carbonyl (C=O) groups is 2. The smallest absolute Gasteiger partial charge is 0.347 e. The summed E-state index contributed by atoms with van der Waals surface area (Å²) in [6, 6.07) is 5.90. The zero-order valence-corrected chi connectivity index (χ0v) is 29.9. The summed E-state index contributed by atoms with van der Waals surface area (Å²) in [6.07, 6.45) is 3.15. The number of allylic oxidation sites excluding steroid dienone is 6. The average molecular weight is 794 g/mol. The van der Waals surface area contributed by atoms with E-state index >= 15 is 0 Å². The molecule has 258 valence electrons. The highest BCUT2D eigenvalue weighted by molar-refractivity contribution is 14.1. The van der Waals surface area contributed by atoms with Gasteiger partial charge in [0.15, 0.2) is 34.6 Å². The molecular weight excluding hydrogens is 761 g/mol. The van der Waals surface area contributed by atoms with Gasteiger partial charge >= 0.3 is 11.4 Å². The van der Waals surface area contributed by atoms with E-state index in [0.29, 0.717) is 48.4 Å². The molecule has 2 atom stereocenters. The molecule has 3 heterocycles. The van der Waals surface area contributed by atoms with Crippen molar-refractivity contribution in [2.75, 3.05) is 21.3 Å². The first kappa shape index (κ1) is 33.3. The van der Waals surface area contributed by atoms with Crippen LogP contribution in [-0.2, 0) is 36.1 Å². The second-order valence-electron chi connectivity index (χ2n) is 12.3. The lowest BCUT2D eigenvalue weighted by molar-refractivity contribution is -0.116. The first-order valence-corrected chi connectivity index (χ1v) is 16.8. The van der Waals surface area contributed by atoms with Crippen LogP contribution in [0.2, 0.25) is 0 Å². The van der Waals surface area contributed by atoms with Gasteiger partial charge < -0.3 is 23.9 Å². The molecule has 50 heavy (non-hydrogen) atoms. The summed E-state index contributed by atoms with van der Waals surface area (Å²) in [7, 11) is 6.02. The molecule has 3 aliphatic rings. The Kier molecular flexibility index (Phi) is 8.19. The maximum absolute atomic E-state index is 14.1. The first-order chi connectivity index (χ1) is 23.9. The number of Topliss-reactive ketones (excluding diaryl/α,β-unsaturated/α-hetero) is 1. The number of phenols is 1. The summed E-state index contributed by atoms with van der Waals surface area (Å²) in [5.41, 5.74) is 1.74. The van der Waals surface area contributed by atoms with Gasteiger partial charge in [-0.3, -0.25) is 14.4 Å². The van der Waals surface area contributed by atoms with Crippen molar-refractivity contribution in [1.29, 1.82) is 0 Å². The van der Waals surface area contributed by atoms with E-state index in [1.807, 2.05) is 28.7 Å². The first-order valence-electron chi connectivity index (χ1n) is 15.7. The largest absolute Gasteiger partial charge is 0.504 e. The van der Waals surface area contributed by atoms with Crippen LogP contribution in [0.3, 0.4) is 0 Å². The van der Waals surface area contributed by atoms with Gasteiger partial charge in [-0.25, -0.2) is 28.5 Å². The second-order valence-corrected chi connectivity index (χ2v) is 13.5. The molecule has 4 aromatic rings. The van der Waals surface area contributed by atoms with Crippen LogP contribution in [-0.4, -0.2) is 61.5 Å². The monoisotopic (exact) mass is 793 g/mol. The van der Waals surface area contributed by atoms with Gasteiger partial charge in [-0.1, -0.05) is 6.08 Å². The van der Waals surface area contributed by atoms with Gasteiger partial charge in [0.1, 0.15) is 5.69 Å². The Balaban J connectivity index is 1.31. The third-order valence-electron chi connectivity index (χ3n) is 9.74. The SMILES string of the molecule is COc1cc2nc(CCn3c(=O)n4n(c3=O)[C@@H]3CC5=C(C(=O)C(C)=CC5=O)[C@@H](c5cc(I)c(O)c(OC)c5)C3=CC4)c(=O)n(C)c2cc1OC. The molecule has 1 N–H and O–H groups in total. The lowest BCUT2D eigenvalue weighted by Gasteiger charge is -2.39. The van der Waals surface area contributed by atoms with Crippen molar-refractivity contribution in [2.24, 2.45) is 7.05 Å². The number of hydrogen-bond donors (Lipinski definition) is 1. The zero-order chi connectivity index (χ0) is 35.8. The lowest BCUT2D eigenvalue weighted by atomic mass is 9.68. The van der Waals surface area contributed by atoms with E-state index in [1.165, 1.54) is 41.3 Å². The van der Waals surface area contributed by atoms with Crippen molar-refractivity contribution < 1.29 is 28.9 Å². The molecule has 0 fully saturated rings. The van der Waals surface area contributed by atoms with Crippen LogP contribution in [0.25, 0.3) is 11.0 Å². The van der Waals surface area contributed by atoms with Crippen molar-refractivity contribution in [2.45, 2.75) is 44.8 Å². The Morgan fingerprint density at radius 1 is 0.960 bits per heavy atom. The van der Waals surface area contributed by atoms with Crippen molar-refractivity contribution in [3.05, 3.63) is 105 Å². The highest BCUT2D eigenvalue weighted by atomic mass is 127. The number of hydrogen-bond acceptors (Lipinski definition) is 10. The predicted octanol–water partition coefficient (Wildman–Crippen LogP) is 2.70. The van der Waals surface area contributed by atoms with E-state index in [2.05, 4.69) is 4.98 Å². The van der Waals surface area contributed by atoms with E-state index in [-0.39, 0.29) is 65.8 Å². The van der Waals surface area contributed by atoms with Crippen molar-refractivity contribution in [1.82, 2.24) is 23.5 Å². The molecular formula is C35H32IN5O9. The minimum absolute atomic E-state index is 0.0121. The van der Waals surface area contributed by atoms with Crippen molar-refractivity contribution in [3.63, 3.8) is 0 Å². The van der Waals surface area contributed by atoms with Gasteiger partial charge in [-0.05, 0) is 58.9 Å². The standard InChI is InChI=1S/C35H32IN5O9/c1-16-10-25(42)19-13-23-18(29(30(19)31(16)43)17-11-20(36)32(44)28(12-17)50-5)6-9-40-34(46)39(35(47)41(23)40)8-7-21-33(45)38(2)24-15-27(49-4)26(48-3)14-22(24)37-21/h6,10-12,14-15,23,29,44H,7-9,13H2,1-5H3/t23-,29+/m1/s1. The number of halogens is 1. The molecule has 0 radical (unpaired) electrons. The Bertz CT molecular complexity index is 2460. The van der Waals surface area contributed by atoms with E-state index in [4.69, 9.17) is 14.2 Å². The molecule has 15 heteroatoms. The number of phenolic OH excluding ortho intramolecular Hbond substituents is 1. The summed E-state index contributed by atoms with van der Waals surface area (Å²) < 4.78 is 21.8. The highest BCUT2D eigenvalue weighted by Gasteiger charge is 2.45. The molecule has 1 aliphatic heterocycles. The molecule has 0 bridgehead atoms. The van der Waals surface area contributed by atoms with Gasteiger partial charge in [0, 0.05) is 61.2 Å². The third-order valence-corrected chi connectivity index (χ3v) is 10.6. The zero-order valence-electron chi connectivity index (χ0n) is 27.8. The van der Waals surface area contributed by atoms with Gasteiger partial charge in [0.25, 0.3) is 5.56 Å². The lowest BCUT2D eigenvalue weighted by Crippen LogP contribution is -2.40. The molecule has 0 saturated carbocycles. The van der Waals surface area contributed by atoms with Gasteiger partial charge in [0.05, 0.1) is 48.5 Å². The van der Waals surface area contributed by atoms with Crippen LogP contribution in [0.5, 0.6) is 23.0 Å². The van der Waals surface area contributed by atoms with Gasteiger partial charge in [-0.2, -0.15) is 0 Å². The van der Waals surface area contributed by atoms with E-state index in [9.17, 15) is 29.1 Å². The number of nitrogens with zero attached hydrogens (tertiary/aromatic N) is 5. The molecule has 0 amide bonds. The molecule has 2 aliphatic carbocycles. The number of ether oxygens (including phenoxy) is 3. The van der Waals surface area contributed by atoms with Crippen LogP contribution >= 0.6 is 22.6 Å². The molecule has 14 nitrogen and oxygen atoms in total. The fraction of sp³-hybridized carbons (Fsp3) is 0.314. The number of carbonyl (C=O) groups excluding carboxylic acids is 2. The number of fused-ring (bicyclic) bond motifs is 4. The molecule has 0 spiro atoms. The maximum atomic E-state index is 14.1. The van der Waals surface area contributed by atoms with Crippen LogP contribution in [0.1, 0.15) is 36.6 Å². The summed E-state index contributed by atoms with van der Waals surface area (Å²) in [5.74, 6) is -0.347. The van der Waals surface area contributed by atoms with E-state index < -0.39 is 23.3 Å². The van der Waals surface area contributed by atoms with Crippen LogP contribution in [0, 0.1) is 3.57 Å². The van der Waals surface area contributed by atoms with Gasteiger partial charge in [-0.15, -0.1) is 0 Å². The molecule has 0 saturated heterocycles. The molecule has 2 aromatic heterocycles. The molecule has 7 rings (SSSR count). The summed E-state index contributed by atoms with van der Waals surface area (Å²) >= 11 is 1.97. The molecule has 0 unspecified atom stereocenters. The maximum Gasteiger partial charge on any atom is 0.347 e. The summed E-state index contributed by atoms with van der Waals surface area (Å²) in [6.45, 7) is 1.50. The molecule has 2 aromatic carbocycles. The fourth-order valence-electron chi connectivity index (χ4n) is 7.26. The summed E-state index contributed by atoms with van der Waals surface area (Å²) in [5, 5.41) is 10.6. The topological polar surface area (TPSA) is 166 Å².